The molecule has 1 aliphatic heterocycles. The Labute approximate surface area is 210 Å². The zero-order chi connectivity index (χ0) is 23.9. The van der Waals surface area contributed by atoms with Gasteiger partial charge in [0.05, 0.1) is 10.8 Å². The number of aromatic nitrogens is 2. The van der Waals surface area contributed by atoms with Crippen LogP contribution in [-0.4, -0.2) is 35.7 Å². The van der Waals surface area contributed by atoms with Gasteiger partial charge in [0.1, 0.15) is 5.69 Å². The zero-order valence-corrected chi connectivity index (χ0v) is 20.5. The van der Waals surface area contributed by atoms with Crippen LogP contribution in [0.25, 0.3) is 10.6 Å². The molecule has 5 nitrogen and oxygen atoms in total. The molecule has 1 N–H and O–H groups in total. The van der Waals surface area contributed by atoms with E-state index in [0.717, 1.165) is 42.2 Å². The minimum Gasteiger partial charge on any atom is -0.356 e. The summed E-state index contributed by atoms with van der Waals surface area (Å²) in [5.74, 6) is 1.21. The SMILES string of the molecule is O=C(NCCC(c1ccccc1)c1ccccc1)C1CCCN(c2ccc(-c3cccs3)nn2)C1. The second-order valence-electron chi connectivity index (χ2n) is 8.99. The molecule has 5 rings (SSSR count). The number of anilines is 1. The molecule has 178 valence electrons. The van der Waals surface area contributed by atoms with E-state index in [0.29, 0.717) is 13.1 Å². The van der Waals surface area contributed by atoms with Gasteiger partial charge in [0.15, 0.2) is 5.82 Å². The van der Waals surface area contributed by atoms with Crippen molar-refractivity contribution in [1.82, 2.24) is 15.5 Å². The summed E-state index contributed by atoms with van der Waals surface area (Å²) in [6.07, 6.45) is 2.75. The van der Waals surface area contributed by atoms with Crippen LogP contribution in [0.15, 0.2) is 90.3 Å². The topological polar surface area (TPSA) is 58.1 Å². The second-order valence-corrected chi connectivity index (χ2v) is 9.94. The first-order valence-corrected chi connectivity index (χ1v) is 13.2. The number of nitrogens with zero attached hydrogens (tertiary/aromatic N) is 3. The van der Waals surface area contributed by atoms with Gasteiger partial charge in [-0.05, 0) is 54.0 Å². The van der Waals surface area contributed by atoms with E-state index in [1.165, 1.54) is 11.1 Å². The lowest BCUT2D eigenvalue weighted by molar-refractivity contribution is -0.125. The molecule has 1 unspecified atom stereocenters. The summed E-state index contributed by atoms with van der Waals surface area (Å²) in [5, 5.41) is 14.1. The Morgan fingerprint density at radius 1 is 0.943 bits per heavy atom. The minimum absolute atomic E-state index is 0.0329. The van der Waals surface area contributed by atoms with Gasteiger partial charge in [-0.3, -0.25) is 4.79 Å². The van der Waals surface area contributed by atoms with Crippen LogP contribution in [-0.2, 0) is 4.79 Å². The largest absolute Gasteiger partial charge is 0.356 e. The minimum atomic E-state index is -0.0329. The molecular formula is C29H30N4OS. The van der Waals surface area contributed by atoms with Gasteiger partial charge in [-0.2, -0.15) is 0 Å². The Morgan fingerprint density at radius 3 is 2.31 bits per heavy atom. The van der Waals surface area contributed by atoms with Gasteiger partial charge in [0.2, 0.25) is 5.91 Å². The lowest BCUT2D eigenvalue weighted by Gasteiger charge is -2.32. The number of amides is 1. The number of carbonyl (C=O) groups excluding carboxylic acids is 1. The van der Waals surface area contributed by atoms with Crippen molar-refractivity contribution in [3.8, 4) is 10.6 Å². The van der Waals surface area contributed by atoms with E-state index < -0.39 is 0 Å². The quantitative estimate of drug-likeness (QED) is 0.347. The molecule has 1 aliphatic rings. The van der Waals surface area contributed by atoms with Gasteiger partial charge in [0, 0.05) is 25.6 Å². The highest BCUT2D eigenvalue weighted by atomic mass is 32.1. The van der Waals surface area contributed by atoms with Crippen molar-refractivity contribution in [3.63, 3.8) is 0 Å². The maximum atomic E-state index is 13.1. The Bertz CT molecular complexity index is 1160. The Morgan fingerprint density at radius 2 is 1.69 bits per heavy atom. The van der Waals surface area contributed by atoms with Crippen LogP contribution in [0, 0.1) is 5.92 Å². The van der Waals surface area contributed by atoms with Crippen LogP contribution in [0.5, 0.6) is 0 Å². The highest BCUT2D eigenvalue weighted by Crippen LogP contribution is 2.28. The first kappa shape index (κ1) is 23.2. The summed E-state index contributed by atoms with van der Waals surface area (Å²) < 4.78 is 0. The summed E-state index contributed by atoms with van der Waals surface area (Å²) in [7, 11) is 0. The van der Waals surface area contributed by atoms with E-state index in [9.17, 15) is 4.79 Å². The van der Waals surface area contributed by atoms with Crippen molar-refractivity contribution in [3.05, 3.63) is 101 Å². The van der Waals surface area contributed by atoms with E-state index in [2.05, 4.69) is 75.0 Å². The van der Waals surface area contributed by atoms with Crippen LogP contribution in [0.1, 0.15) is 36.3 Å². The molecule has 0 radical (unpaired) electrons. The van der Waals surface area contributed by atoms with Crippen LogP contribution < -0.4 is 10.2 Å². The predicted molar refractivity (Wildman–Crippen MR) is 143 cm³/mol. The molecule has 0 saturated carbocycles. The first-order chi connectivity index (χ1) is 17.3. The lowest BCUT2D eigenvalue weighted by Crippen LogP contribution is -2.43. The van der Waals surface area contributed by atoms with E-state index in [4.69, 9.17) is 0 Å². The Balaban J connectivity index is 1.18. The molecule has 4 aromatic rings. The van der Waals surface area contributed by atoms with Crippen LogP contribution in [0.3, 0.4) is 0 Å². The summed E-state index contributed by atoms with van der Waals surface area (Å²) in [5.41, 5.74) is 3.45. The third-order valence-corrected chi connectivity index (χ3v) is 7.57. The van der Waals surface area contributed by atoms with Crippen molar-refractivity contribution in [2.24, 2.45) is 5.92 Å². The average molecular weight is 483 g/mol. The number of benzene rings is 2. The molecule has 1 amide bonds. The van der Waals surface area contributed by atoms with Crippen molar-refractivity contribution in [2.75, 3.05) is 24.5 Å². The number of piperidine rings is 1. The van der Waals surface area contributed by atoms with Gasteiger partial charge >= 0.3 is 0 Å². The molecule has 3 heterocycles. The number of nitrogens with one attached hydrogen (secondary N) is 1. The highest BCUT2D eigenvalue weighted by molar-refractivity contribution is 7.13. The summed E-state index contributed by atoms with van der Waals surface area (Å²) in [6.45, 7) is 2.24. The summed E-state index contributed by atoms with van der Waals surface area (Å²) in [6, 6.07) is 29.2. The lowest BCUT2D eigenvalue weighted by atomic mass is 9.88. The van der Waals surface area contributed by atoms with E-state index >= 15 is 0 Å². The Kier molecular flexibility index (Phi) is 7.49. The second kappa shape index (κ2) is 11.3. The van der Waals surface area contributed by atoms with Gasteiger partial charge in [-0.25, -0.2) is 0 Å². The Hall–Kier alpha value is -3.51. The fourth-order valence-corrected chi connectivity index (χ4v) is 5.52. The third-order valence-electron chi connectivity index (χ3n) is 6.68. The van der Waals surface area contributed by atoms with Gasteiger partial charge in [-0.15, -0.1) is 21.5 Å². The standard InChI is InChI=1S/C29H30N4OS/c34-29(30-18-17-25(22-9-3-1-4-10-22)23-11-5-2-6-12-23)24-13-7-19-33(21-24)28-16-15-26(31-32-28)27-14-8-20-35-27/h1-6,8-12,14-16,20,24-25H,7,13,17-19,21H2,(H,30,34). The highest BCUT2D eigenvalue weighted by Gasteiger charge is 2.27. The smallest absolute Gasteiger partial charge is 0.224 e. The third kappa shape index (κ3) is 5.77. The molecule has 0 bridgehead atoms. The molecule has 35 heavy (non-hydrogen) atoms. The predicted octanol–water partition coefficient (Wildman–Crippen LogP) is 5.76. The number of hydrogen-bond donors (Lipinski definition) is 1. The van der Waals surface area contributed by atoms with Crippen molar-refractivity contribution in [1.29, 1.82) is 0 Å². The molecule has 1 atom stereocenters. The zero-order valence-electron chi connectivity index (χ0n) is 19.7. The molecule has 6 heteroatoms. The number of thiophene rings is 1. The van der Waals surface area contributed by atoms with Gasteiger partial charge < -0.3 is 10.2 Å². The molecule has 0 aliphatic carbocycles. The fourth-order valence-electron chi connectivity index (χ4n) is 4.83. The van der Waals surface area contributed by atoms with Crippen molar-refractivity contribution < 1.29 is 4.79 Å². The van der Waals surface area contributed by atoms with Crippen molar-refractivity contribution in [2.45, 2.75) is 25.2 Å². The van der Waals surface area contributed by atoms with Crippen LogP contribution in [0.4, 0.5) is 5.82 Å². The van der Waals surface area contributed by atoms with E-state index in [-0.39, 0.29) is 17.7 Å². The maximum absolute atomic E-state index is 13.1. The monoisotopic (exact) mass is 482 g/mol. The average Bonchev–Trinajstić information content (AvgIpc) is 3.47. The maximum Gasteiger partial charge on any atom is 0.224 e. The van der Waals surface area contributed by atoms with Crippen LogP contribution >= 0.6 is 11.3 Å². The molecule has 1 saturated heterocycles. The molecule has 1 fully saturated rings. The fraction of sp³-hybridized carbons (Fsp3) is 0.276. The molecular weight excluding hydrogens is 452 g/mol. The summed E-state index contributed by atoms with van der Waals surface area (Å²) in [4.78, 5) is 16.4. The summed E-state index contributed by atoms with van der Waals surface area (Å²) >= 11 is 1.66. The molecule has 0 spiro atoms. The van der Waals surface area contributed by atoms with Gasteiger partial charge in [-0.1, -0.05) is 66.7 Å². The van der Waals surface area contributed by atoms with E-state index in [1.807, 2.05) is 35.7 Å². The van der Waals surface area contributed by atoms with Crippen LogP contribution in [0.2, 0.25) is 0 Å². The first-order valence-electron chi connectivity index (χ1n) is 12.3. The van der Waals surface area contributed by atoms with Gasteiger partial charge in [0.25, 0.3) is 0 Å². The number of carbonyl (C=O) groups is 1. The number of hydrogen-bond acceptors (Lipinski definition) is 5. The normalized spacial score (nSPS) is 15.8. The molecule has 2 aromatic carbocycles. The molecule has 2 aromatic heterocycles. The van der Waals surface area contributed by atoms with Crippen molar-refractivity contribution >= 4 is 23.1 Å². The number of rotatable bonds is 8. The van der Waals surface area contributed by atoms with E-state index in [1.54, 1.807) is 11.3 Å².